The van der Waals surface area contributed by atoms with Crippen LogP contribution >= 0.6 is 0 Å². The molecule has 2 aromatic carbocycles. The van der Waals surface area contributed by atoms with Gasteiger partial charge in [0.25, 0.3) is 5.91 Å². The molecule has 9 heteroatoms. The van der Waals surface area contributed by atoms with Gasteiger partial charge in [-0.05, 0) is 37.1 Å². The van der Waals surface area contributed by atoms with E-state index in [4.69, 9.17) is 4.42 Å². The van der Waals surface area contributed by atoms with E-state index in [1.807, 2.05) is 32.0 Å². The summed E-state index contributed by atoms with van der Waals surface area (Å²) in [6.07, 6.45) is 2.41. The molecule has 0 unspecified atom stereocenters. The van der Waals surface area contributed by atoms with Crippen molar-refractivity contribution in [1.82, 2.24) is 15.2 Å². The van der Waals surface area contributed by atoms with Gasteiger partial charge in [-0.15, -0.1) is 0 Å². The number of sulfonamides is 1. The topological polar surface area (TPSA) is 109 Å². The fourth-order valence-corrected chi connectivity index (χ4v) is 4.19. The minimum atomic E-state index is -3.81. The second kappa shape index (κ2) is 9.32. The Kier molecular flexibility index (Phi) is 6.77. The molecule has 0 saturated heterocycles. The number of nitrogens with one attached hydrogen (secondary N) is 2. The van der Waals surface area contributed by atoms with Crippen molar-refractivity contribution in [3.8, 4) is 0 Å². The van der Waals surface area contributed by atoms with Crippen LogP contribution in [0.5, 0.6) is 0 Å². The minimum absolute atomic E-state index is 0.0102. The molecule has 0 aliphatic rings. The summed E-state index contributed by atoms with van der Waals surface area (Å²) >= 11 is 0. The molecule has 164 valence electrons. The van der Waals surface area contributed by atoms with Gasteiger partial charge >= 0.3 is 0 Å². The summed E-state index contributed by atoms with van der Waals surface area (Å²) in [6, 6.07) is 12.2. The lowest BCUT2D eigenvalue weighted by molar-refractivity contribution is -0.128. The van der Waals surface area contributed by atoms with Crippen molar-refractivity contribution in [1.29, 1.82) is 0 Å². The summed E-state index contributed by atoms with van der Waals surface area (Å²) in [6.45, 7) is 3.46. The van der Waals surface area contributed by atoms with E-state index in [-0.39, 0.29) is 11.3 Å². The van der Waals surface area contributed by atoms with Crippen LogP contribution < -0.4 is 10.9 Å². The van der Waals surface area contributed by atoms with E-state index in [9.17, 15) is 18.0 Å². The first-order valence-electron chi connectivity index (χ1n) is 9.80. The highest BCUT2D eigenvalue weighted by molar-refractivity contribution is 7.89. The van der Waals surface area contributed by atoms with Gasteiger partial charge in [-0.2, -0.15) is 4.31 Å². The Bertz CT molecular complexity index is 1200. The summed E-state index contributed by atoms with van der Waals surface area (Å²) in [5, 5.41) is 0.836. The number of benzene rings is 2. The van der Waals surface area contributed by atoms with Gasteiger partial charge in [0, 0.05) is 18.0 Å². The maximum atomic E-state index is 12.5. The SMILES string of the molecule is CCc1ccc2c(CC(=O)NNC(=O)CN(C)S(=O)(=O)c3ccc(C)cc3)coc2c1. The van der Waals surface area contributed by atoms with Crippen LogP contribution in [0.15, 0.2) is 58.0 Å². The Balaban J connectivity index is 1.54. The normalized spacial score (nSPS) is 11.6. The Morgan fingerprint density at radius 2 is 1.71 bits per heavy atom. The molecule has 31 heavy (non-hydrogen) atoms. The zero-order chi connectivity index (χ0) is 22.6. The number of amides is 2. The van der Waals surface area contributed by atoms with Gasteiger partial charge < -0.3 is 4.42 Å². The van der Waals surface area contributed by atoms with Gasteiger partial charge in [0.05, 0.1) is 24.1 Å². The quantitative estimate of drug-likeness (QED) is 0.545. The lowest BCUT2D eigenvalue weighted by Gasteiger charge is -2.17. The third-order valence-electron chi connectivity index (χ3n) is 4.92. The number of rotatable bonds is 7. The molecule has 2 amide bonds. The standard InChI is InChI=1S/C22H25N3O5S/c1-4-16-7-10-19-17(14-30-20(19)11-16)12-21(26)23-24-22(27)13-25(3)31(28,29)18-8-5-15(2)6-9-18/h5-11,14H,4,12-13H2,1-3H3,(H,23,26)(H,24,27). The number of nitrogens with zero attached hydrogens (tertiary/aromatic N) is 1. The van der Waals surface area contributed by atoms with Crippen LogP contribution in [0.4, 0.5) is 0 Å². The molecule has 3 aromatic rings. The number of fused-ring (bicyclic) bond motifs is 1. The van der Waals surface area contributed by atoms with Gasteiger partial charge in [-0.25, -0.2) is 8.42 Å². The number of hydrogen-bond acceptors (Lipinski definition) is 5. The molecule has 0 saturated carbocycles. The van der Waals surface area contributed by atoms with Crippen molar-refractivity contribution in [2.75, 3.05) is 13.6 Å². The average Bonchev–Trinajstić information content (AvgIpc) is 3.14. The van der Waals surface area contributed by atoms with Crippen LogP contribution in [0.3, 0.4) is 0 Å². The number of hydrazine groups is 1. The molecule has 8 nitrogen and oxygen atoms in total. The zero-order valence-electron chi connectivity index (χ0n) is 17.6. The number of carbonyl (C=O) groups excluding carboxylic acids is 2. The van der Waals surface area contributed by atoms with Crippen molar-refractivity contribution in [3.05, 3.63) is 65.4 Å². The minimum Gasteiger partial charge on any atom is -0.464 e. The number of hydrogen-bond donors (Lipinski definition) is 2. The molecule has 0 radical (unpaired) electrons. The highest BCUT2D eigenvalue weighted by Gasteiger charge is 2.23. The van der Waals surface area contributed by atoms with Crippen molar-refractivity contribution < 1.29 is 22.4 Å². The smallest absolute Gasteiger partial charge is 0.253 e. The zero-order valence-corrected chi connectivity index (χ0v) is 18.5. The van der Waals surface area contributed by atoms with E-state index in [1.165, 1.54) is 25.4 Å². The number of furan rings is 1. The molecular formula is C22H25N3O5S. The number of likely N-dealkylation sites (N-methyl/N-ethyl adjacent to an activating group) is 1. The largest absolute Gasteiger partial charge is 0.464 e. The first kappa shape index (κ1) is 22.5. The molecule has 0 atom stereocenters. The Morgan fingerprint density at radius 1 is 1.03 bits per heavy atom. The second-order valence-corrected chi connectivity index (χ2v) is 9.34. The van der Waals surface area contributed by atoms with Crippen LogP contribution in [0, 0.1) is 6.92 Å². The van der Waals surface area contributed by atoms with E-state index >= 15 is 0 Å². The first-order chi connectivity index (χ1) is 14.7. The van der Waals surface area contributed by atoms with Crippen LogP contribution in [-0.2, 0) is 32.5 Å². The van der Waals surface area contributed by atoms with Crippen LogP contribution in [0.2, 0.25) is 0 Å². The molecule has 0 aliphatic carbocycles. The van der Waals surface area contributed by atoms with E-state index in [2.05, 4.69) is 10.9 Å². The van der Waals surface area contributed by atoms with E-state index < -0.39 is 28.4 Å². The highest BCUT2D eigenvalue weighted by atomic mass is 32.2. The third kappa shape index (κ3) is 5.31. The maximum absolute atomic E-state index is 12.5. The summed E-state index contributed by atoms with van der Waals surface area (Å²) in [5.74, 6) is -1.10. The fourth-order valence-electron chi connectivity index (χ4n) is 3.06. The van der Waals surface area contributed by atoms with E-state index in [0.717, 1.165) is 27.2 Å². The second-order valence-electron chi connectivity index (χ2n) is 7.29. The van der Waals surface area contributed by atoms with Gasteiger partial charge in [0.15, 0.2) is 0 Å². The molecule has 2 N–H and O–H groups in total. The number of aryl methyl sites for hydroxylation is 2. The van der Waals surface area contributed by atoms with Crippen molar-refractivity contribution in [2.24, 2.45) is 0 Å². The summed E-state index contributed by atoms with van der Waals surface area (Å²) < 4.78 is 31.5. The molecule has 0 bridgehead atoms. The monoisotopic (exact) mass is 443 g/mol. The fraction of sp³-hybridized carbons (Fsp3) is 0.273. The molecule has 3 rings (SSSR count). The Hall–Kier alpha value is -3.17. The molecule has 0 spiro atoms. The molecule has 0 fully saturated rings. The summed E-state index contributed by atoms with van der Waals surface area (Å²) in [5.41, 5.74) is 8.02. The maximum Gasteiger partial charge on any atom is 0.253 e. The lowest BCUT2D eigenvalue weighted by atomic mass is 10.1. The lowest BCUT2D eigenvalue weighted by Crippen LogP contribution is -2.47. The number of carbonyl (C=O) groups is 2. The predicted octanol–water partition coefficient (Wildman–Crippen LogP) is 2.31. The van der Waals surface area contributed by atoms with E-state index in [0.29, 0.717) is 11.1 Å². The van der Waals surface area contributed by atoms with Crippen molar-refractivity contribution >= 4 is 32.8 Å². The molecular weight excluding hydrogens is 418 g/mol. The van der Waals surface area contributed by atoms with Gasteiger partial charge in [0.1, 0.15) is 5.58 Å². The highest BCUT2D eigenvalue weighted by Crippen LogP contribution is 2.23. The van der Waals surface area contributed by atoms with Gasteiger partial charge in [-0.3, -0.25) is 20.4 Å². The summed E-state index contributed by atoms with van der Waals surface area (Å²) in [7, 11) is -2.51. The average molecular weight is 444 g/mol. The molecule has 1 aromatic heterocycles. The first-order valence-corrected chi connectivity index (χ1v) is 11.2. The Morgan fingerprint density at radius 3 is 2.39 bits per heavy atom. The van der Waals surface area contributed by atoms with Gasteiger partial charge in [0.2, 0.25) is 15.9 Å². The van der Waals surface area contributed by atoms with Crippen LogP contribution in [0.25, 0.3) is 11.0 Å². The predicted molar refractivity (Wildman–Crippen MR) is 117 cm³/mol. The van der Waals surface area contributed by atoms with Crippen molar-refractivity contribution in [3.63, 3.8) is 0 Å². The van der Waals surface area contributed by atoms with Crippen LogP contribution in [-0.4, -0.2) is 38.1 Å². The third-order valence-corrected chi connectivity index (χ3v) is 6.73. The van der Waals surface area contributed by atoms with Crippen molar-refractivity contribution in [2.45, 2.75) is 31.6 Å². The van der Waals surface area contributed by atoms with E-state index in [1.54, 1.807) is 12.1 Å². The Labute approximate surface area is 181 Å². The van der Waals surface area contributed by atoms with Gasteiger partial charge in [-0.1, -0.05) is 36.8 Å². The molecule has 1 heterocycles. The van der Waals surface area contributed by atoms with Crippen LogP contribution in [0.1, 0.15) is 23.6 Å². The summed E-state index contributed by atoms with van der Waals surface area (Å²) in [4.78, 5) is 24.4. The molecule has 0 aliphatic heterocycles.